The molecule has 0 radical (unpaired) electrons. The normalized spacial score (nSPS) is 16.0. The molecule has 0 spiro atoms. The van der Waals surface area contributed by atoms with E-state index in [0.29, 0.717) is 6.54 Å². The molecule has 1 fully saturated rings. The van der Waals surface area contributed by atoms with Gasteiger partial charge in [-0.15, -0.1) is 0 Å². The zero-order chi connectivity index (χ0) is 14.8. The van der Waals surface area contributed by atoms with Crippen LogP contribution in [0.5, 0.6) is 0 Å². The van der Waals surface area contributed by atoms with Gasteiger partial charge in [0.05, 0.1) is 6.54 Å². The van der Waals surface area contributed by atoms with Crippen LogP contribution in [-0.2, 0) is 6.54 Å². The van der Waals surface area contributed by atoms with Crippen LogP contribution in [0.3, 0.4) is 0 Å². The van der Waals surface area contributed by atoms with E-state index in [0.717, 1.165) is 41.3 Å². The molecule has 2 heterocycles. The van der Waals surface area contributed by atoms with Crippen molar-refractivity contribution in [1.82, 2.24) is 10.2 Å². The Hall–Kier alpha value is -2.04. The third-order valence-electron chi connectivity index (χ3n) is 4.02. The van der Waals surface area contributed by atoms with E-state index in [4.69, 9.17) is 4.42 Å². The van der Waals surface area contributed by atoms with Crippen molar-refractivity contribution in [3.63, 3.8) is 0 Å². The van der Waals surface area contributed by atoms with Crippen LogP contribution < -0.4 is 5.32 Å². The van der Waals surface area contributed by atoms with Crippen LogP contribution in [0.2, 0.25) is 0 Å². The Morgan fingerprint density at radius 2 is 2.14 bits per heavy atom. The molecule has 3 rings (SSSR count). The van der Waals surface area contributed by atoms with Crippen molar-refractivity contribution >= 4 is 16.9 Å². The third kappa shape index (κ3) is 2.73. The highest BCUT2D eigenvalue weighted by molar-refractivity contribution is 5.83. The number of hydrogen-bond acceptors (Lipinski definition) is 2. The van der Waals surface area contributed by atoms with Crippen LogP contribution in [0.15, 0.2) is 27.6 Å². The van der Waals surface area contributed by atoms with Crippen LogP contribution in [0, 0.1) is 12.7 Å². The van der Waals surface area contributed by atoms with Gasteiger partial charge in [-0.1, -0.05) is 0 Å². The van der Waals surface area contributed by atoms with E-state index >= 15 is 0 Å². The first kappa shape index (κ1) is 13.9. The Morgan fingerprint density at radius 3 is 2.86 bits per heavy atom. The van der Waals surface area contributed by atoms with E-state index < -0.39 is 0 Å². The lowest BCUT2D eigenvalue weighted by Crippen LogP contribution is -2.39. The number of rotatable bonds is 2. The van der Waals surface area contributed by atoms with E-state index in [-0.39, 0.29) is 5.82 Å². The summed E-state index contributed by atoms with van der Waals surface area (Å²) in [5, 5.41) is 4.17. The standard InChI is InChI=1S/C16H20FN3O/c1-11-13-9-12(17)5-6-14(13)21-15(11)10-19-16(18-2)20-7-3-4-8-20/h5-6,9H,3-4,7-8,10H2,1-2H3,(H,18,19). The van der Waals surface area contributed by atoms with Crippen molar-refractivity contribution in [1.29, 1.82) is 0 Å². The number of benzene rings is 1. The van der Waals surface area contributed by atoms with E-state index in [1.54, 1.807) is 13.1 Å². The Labute approximate surface area is 123 Å². The molecule has 1 N–H and O–H groups in total. The van der Waals surface area contributed by atoms with Crippen molar-refractivity contribution in [3.8, 4) is 0 Å². The summed E-state index contributed by atoms with van der Waals surface area (Å²) in [7, 11) is 1.79. The van der Waals surface area contributed by atoms with Crippen LogP contribution >= 0.6 is 0 Å². The number of nitrogens with one attached hydrogen (secondary N) is 1. The molecule has 1 aromatic heterocycles. The zero-order valence-corrected chi connectivity index (χ0v) is 12.4. The van der Waals surface area contributed by atoms with Crippen LogP contribution in [0.25, 0.3) is 11.0 Å². The molecule has 0 aliphatic carbocycles. The minimum Gasteiger partial charge on any atom is -0.459 e. The molecular formula is C16H20FN3O. The molecule has 1 saturated heterocycles. The second-order valence-electron chi connectivity index (χ2n) is 5.39. The van der Waals surface area contributed by atoms with Gasteiger partial charge in [-0.3, -0.25) is 4.99 Å². The summed E-state index contributed by atoms with van der Waals surface area (Å²) in [6.45, 7) is 4.61. The highest BCUT2D eigenvalue weighted by Crippen LogP contribution is 2.25. The van der Waals surface area contributed by atoms with Crippen molar-refractivity contribution in [2.75, 3.05) is 20.1 Å². The lowest BCUT2D eigenvalue weighted by molar-refractivity contribution is 0.478. The van der Waals surface area contributed by atoms with Gasteiger partial charge in [0.1, 0.15) is 17.2 Å². The highest BCUT2D eigenvalue weighted by Gasteiger charge is 2.17. The molecule has 0 unspecified atom stereocenters. The number of guanidine groups is 1. The smallest absolute Gasteiger partial charge is 0.194 e. The minimum atomic E-state index is -0.237. The Balaban J connectivity index is 1.77. The Morgan fingerprint density at radius 1 is 1.38 bits per heavy atom. The number of furan rings is 1. The second kappa shape index (κ2) is 5.76. The van der Waals surface area contributed by atoms with Crippen LogP contribution in [0.1, 0.15) is 24.2 Å². The molecule has 2 aromatic rings. The molecule has 0 atom stereocenters. The molecule has 4 nitrogen and oxygen atoms in total. The lowest BCUT2D eigenvalue weighted by atomic mass is 10.1. The van der Waals surface area contributed by atoms with E-state index in [1.807, 2.05) is 6.92 Å². The predicted molar refractivity (Wildman–Crippen MR) is 81.9 cm³/mol. The number of nitrogens with zero attached hydrogens (tertiary/aromatic N) is 2. The molecule has 0 saturated carbocycles. The zero-order valence-electron chi connectivity index (χ0n) is 12.4. The van der Waals surface area contributed by atoms with Gasteiger partial charge in [-0.2, -0.15) is 0 Å². The fraction of sp³-hybridized carbons (Fsp3) is 0.438. The third-order valence-corrected chi connectivity index (χ3v) is 4.02. The van der Waals surface area contributed by atoms with Gasteiger partial charge in [-0.05, 0) is 38.0 Å². The van der Waals surface area contributed by atoms with E-state index in [1.165, 1.54) is 25.0 Å². The molecule has 21 heavy (non-hydrogen) atoms. The van der Waals surface area contributed by atoms with Gasteiger partial charge < -0.3 is 14.6 Å². The summed E-state index contributed by atoms with van der Waals surface area (Å²) >= 11 is 0. The SMILES string of the molecule is CN=C(NCc1oc2ccc(F)cc2c1C)N1CCCC1. The number of aliphatic imine (C=N–C) groups is 1. The molecule has 1 aliphatic heterocycles. The minimum absolute atomic E-state index is 0.237. The largest absolute Gasteiger partial charge is 0.459 e. The number of halogens is 1. The highest BCUT2D eigenvalue weighted by atomic mass is 19.1. The Bertz CT molecular complexity index is 671. The summed E-state index contributed by atoms with van der Waals surface area (Å²) in [5.41, 5.74) is 1.70. The first-order valence-corrected chi connectivity index (χ1v) is 7.32. The maximum absolute atomic E-state index is 13.3. The summed E-state index contributed by atoms with van der Waals surface area (Å²) in [5.74, 6) is 1.49. The quantitative estimate of drug-likeness (QED) is 0.682. The lowest BCUT2D eigenvalue weighted by Gasteiger charge is -2.20. The van der Waals surface area contributed by atoms with Crippen molar-refractivity contribution < 1.29 is 8.81 Å². The maximum atomic E-state index is 13.3. The molecule has 0 amide bonds. The molecule has 1 aliphatic rings. The maximum Gasteiger partial charge on any atom is 0.194 e. The van der Waals surface area contributed by atoms with Gasteiger partial charge >= 0.3 is 0 Å². The van der Waals surface area contributed by atoms with Gasteiger partial charge in [-0.25, -0.2) is 4.39 Å². The van der Waals surface area contributed by atoms with Gasteiger partial charge in [0.25, 0.3) is 0 Å². The molecular weight excluding hydrogens is 269 g/mol. The monoisotopic (exact) mass is 289 g/mol. The summed E-state index contributed by atoms with van der Waals surface area (Å²) in [6, 6.07) is 4.62. The molecule has 0 bridgehead atoms. The molecule has 112 valence electrons. The number of likely N-dealkylation sites (tertiary alicyclic amines) is 1. The van der Waals surface area contributed by atoms with Crippen molar-refractivity contribution in [3.05, 3.63) is 35.3 Å². The molecule has 5 heteroatoms. The van der Waals surface area contributed by atoms with Crippen molar-refractivity contribution in [2.45, 2.75) is 26.3 Å². The van der Waals surface area contributed by atoms with Gasteiger partial charge in [0, 0.05) is 31.1 Å². The van der Waals surface area contributed by atoms with E-state index in [9.17, 15) is 4.39 Å². The van der Waals surface area contributed by atoms with E-state index in [2.05, 4.69) is 15.2 Å². The first-order valence-electron chi connectivity index (χ1n) is 7.32. The number of fused-ring (bicyclic) bond motifs is 1. The topological polar surface area (TPSA) is 40.8 Å². The first-order chi connectivity index (χ1) is 10.2. The summed E-state index contributed by atoms with van der Waals surface area (Å²) < 4.78 is 19.1. The average Bonchev–Trinajstić information content (AvgIpc) is 3.10. The number of aryl methyl sites for hydroxylation is 1. The fourth-order valence-electron chi connectivity index (χ4n) is 2.83. The van der Waals surface area contributed by atoms with Gasteiger partial charge in [0.15, 0.2) is 5.96 Å². The second-order valence-corrected chi connectivity index (χ2v) is 5.39. The summed E-state index contributed by atoms with van der Waals surface area (Å²) in [4.78, 5) is 6.56. The number of hydrogen-bond donors (Lipinski definition) is 1. The van der Waals surface area contributed by atoms with Crippen LogP contribution in [0.4, 0.5) is 4.39 Å². The van der Waals surface area contributed by atoms with Gasteiger partial charge in [0.2, 0.25) is 0 Å². The van der Waals surface area contributed by atoms with Crippen molar-refractivity contribution in [2.24, 2.45) is 4.99 Å². The van der Waals surface area contributed by atoms with Crippen LogP contribution in [-0.4, -0.2) is 31.0 Å². The molecule has 1 aromatic carbocycles. The Kier molecular flexibility index (Phi) is 3.82. The summed E-state index contributed by atoms with van der Waals surface area (Å²) in [6.07, 6.45) is 2.42. The average molecular weight is 289 g/mol. The predicted octanol–water partition coefficient (Wildman–Crippen LogP) is 3.05. The fourth-order valence-corrected chi connectivity index (χ4v) is 2.83.